The molecule has 1 saturated heterocycles. The summed E-state index contributed by atoms with van der Waals surface area (Å²) in [5.74, 6) is 0.735. The first-order valence-corrected chi connectivity index (χ1v) is 8.33. The standard InChI is InChI=1S/C19H30N2/c1-18(2,3)17-12-21(19(4,5)13-20-17)11-15-10-14-8-6-7-9-16(14)15/h6-9,15,17,20H,10-13H2,1-5H3. The minimum Gasteiger partial charge on any atom is -0.310 e. The van der Waals surface area contributed by atoms with Crippen molar-refractivity contribution in [3.63, 3.8) is 0 Å². The molecule has 0 radical (unpaired) electrons. The van der Waals surface area contributed by atoms with Crippen molar-refractivity contribution in [3.05, 3.63) is 35.4 Å². The van der Waals surface area contributed by atoms with E-state index in [0.717, 1.165) is 19.0 Å². The smallest absolute Gasteiger partial charge is 0.0278 e. The molecule has 0 aromatic heterocycles. The summed E-state index contributed by atoms with van der Waals surface area (Å²) in [5.41, 5.74) is 3.72. The van der Waals surface area contributed by atoms with Gasteiger partial charge in [-0.15, -0.1) is 0 Å². The van der Waals surface area contributed by atoms with Gasteiger partial charge in [0.2, 0.25) is 0 Å². The minimum absolute atomic E-state index is 0.256. The van der Waals surface area contributed by atoms with Crippen LogP contribution < -0.4 is 5.32 Å². The topological polar surface area (TPSA) is 15.3 Å². The lowest BCUT2D eigenvalue weighted by Crippen LogP contribution is -2.65. The number of fused-ring (bicyclic) bond motifs is 1. The van der Waals surface area contributed by atoms with Crippen molar-refractivity contribution in [3.8, 4) is 0 Å². The molecule has 2 nitrogen and oxygen atoms in total. The number of piperazine rings is 1. The third kappa shape index (κ3) is 2.89. The fourth-order valence-electron chi connectivity index (χ4n) is 3.71. The Morgan fingerprint density at radius 2 is 1.95 bits per heavy atom. The average Bonchev–Trinajstić information content (AvgIpc) is 2.36. The first-order valence-electron chi connectivity index (χ1n) is 8.33. The normalized spacial score (nSPS) is 28.8. The van der Waals surface area contributed by atoms with E-state index in [2.05, 4.69) is 69.1 Å². The zero-order valence-electron chi connectivity index (χ0n) is 14.2. The van der Waals surface area contributed by atoms with Crippen molar-refractivity contribution in [1.82, 2.24) is 10.2 Å². The summed E-state index contributed by atoms with van der Waals surface area (Å²) in [5, 5.41) is 3.77. The van der Waals surface area contributed by atoms with Crippen molar-refractivity contribution in [2.24, 2.45) is 5.41 Å². The largest absolute Gasteiger partial charge is 0.310 e. The Balaban J connectivity index is 1.71. The molecule has 2 heteroatoms. The molecule has 2 unspecified atom stereocenters. The molecule has 0 bridgehead atoms. The molecule has 1 heterocycles. The molecule has 1 aliphatic heterocycles. The van der Waals surface area contributed by atoms with Crippen molar-refractivity contribution < 1.29 is 0 Å². The number of nitrogens with one attached hydrogen (secondary N) is 1. The average molecular weight is 286 g/mol. The highest BCUT2D eigenvalue weighted by Crippen LogP contribution is 2.37. The van der Waals surface area contributed by atoms with Crippen LogP contribution in [-0.4, -0.2) is 36.1 Å². The maximum atomic E-state index is 3.77. The number of rotatable bonds is 2. The summed E-state index contributed by atoms with van der Waals surface area (Å²) >= 11 is 0. The fourth-order valence-corrected chi connectivity index (χ4v) is 3.71. The van der Waals surface area contributed by atoms with Crippen LogP contribution in [0.15, 0.2) is 24.3 Å². The molecule has 21 heavy (non-hydrogen) atoms. The lowest BCUT2D eigenvalue weighted by molar-refractivity contribution is 0.0294. The molecule has 3 rings (SSSR count). The van der Waals surface area contributed by atoms with Crippen LogP contribution in [-0.2, 0) is 6.42 Å². The highest BCUT2D eigenvalue weighted by atomic mass is 15.3. The van der Waals surface area contributed by atoms with Gasteiger partial charge in [0.05, 0.1) is 0 Å². The molecule has 1 fully saturated rings. The molecular weight excluding hydrogens is 256 g/mol. The van der Waals surface area contributed by atoms with Crippen LogP contribution in [0, 0.1) is 5.41 Å². The van der Waals surface area contributed by atoms with E-state index in [9.17, 15) is 0 Å². The van der Waals surface area contributed by atoms with E-state index < -0.39 is 0 Å². The van der Waals surface area contributed by atoms with Crippen molar-refractivity contribution in [2.45, 2.75) is 58.5 Å². The van der Waals surface area contributed by atoms with Gasteiger partial charge in [-0.3, -0.25) is 4.90 Å². The number of hydrogen-bond donors (Lipinski definition) is 1. The van der Waals surface area contributed by atoms with Gasteiger partial charge in [0.25, 0.3) is 0 Å². The van der Waals surface area contributed by atoms with Gasteiger partial charge in [0, 0.05) is 37.1 Å². The predicted octanol–water partition coefficient (Wildman–Crippen LogP) is 3.42. The Labute approximate surface area is 129 Å². The number of hydrogen-bond acceptors (Lipinski definition) is 2. The quantitative estimate of drug-likeness (QED) is 0.896. The lowest BCUT2D eigenvalue weighted by atomic mass is 9.76. The lowest BCUT2D eigenvalue weighted by Gasteiger charge is -2.51. The molecule has 2 atom stereocenters. The highest BCUT2D eigenvalue weighted by Gasteiger charge is 2.40. The summed E-state index contributed by atoms with van der Waals surface area (Å²) in [6, 6.07) is 9.54. The van der Waals surface area contributed by atoms with E-state index in [-0.39, 0.29) is 5.54 Å². The molecule has 1 aromatic carbocycles. The fraction of sp³-hybridized carbons (Fsp3) is 0.684. The molecule has 1 aliphatic carbocycles. The van der Waals surface area contributed by atoms with Crippen molar-refractivity contribution in [1.29, 1.82) is 0 Å². The van der Waals surface area contributed by atoms with E-state index in [1.165, 1.54) is 13.0 Å². The molecule has 1 N–H and O–H groups in total. The van der Waals surface area contributed by atoms with Crippen LogP contribution in [0.1, 0.15) is 51.7 Å². The van der Waals surface area contributed by atoms with Crippen LogP contribution in [0.2, 0.25) is 0 Å². The zero-order valence-corrected chi connectivity index (χ0v) is 14.2. The van der Waals surface area contributed by atoms with E-state index >= 15 is 0 Å². The second-order valence-electron chi connectivity index (χ2n) is 8.62. The Hall–Kier alpha value is -0.860. The molecule has 2 aliphatic rings. The number of nitrogens with zero attached hydrogens (tertiary/aromatic N) is 1. The van der Waals surface area contributed by atoms with Crippen LogP contribution >= 0.6 is 0 Å². The molecule has 1 aromatic rings. The number of benzene rings is 1. The van der Waals surface area contributed by atoms with Gasteiger partial charge in [-0.25, -0.2) is 0 Å². The monoisotopic (exact) mass is 286 g/mol. The van der Waals surface area contributed by atoms with Gasteiger partial charge in [-0.05, 0) is 36.8 Å². The SMILES string of the molecule is CC(C)(C)C1CN(CC2Cc3ccccc32)C(C)(C)CN1. The second kappa shape index (κ2) is 5.10. The summed E-state index contributed by atoms with van der Waals surface area (Å²) in [6.45, 7) is 15.3. The van der Waals surface area contributed by atoms with Crippen LogP contribution in [0.3, 0.4) is 0 Å². The third-order valence-electron chi connectivity index (χ3n) is 5.49. The summed E-state index contributed by atoms with van der Waals surface area (Å²) < 4.78 is 0. The molecule has 0 amide bonds. The van der Waals surface area contributed by atoms with E-state index in [0.29, 0.717) is 11.5 Å². The summed E-state index contributed by atoms with van der Waals surface area (Å²) in [4.78, 5) is 2.72. The second-order valence-corrected chi connectivity index (χ2v) is 8.62. The van der Waals surface area contributed by atoms with Gasteiger partial charge in [0.15, 0.2) is 0 Å². The molecule has 0 spiro atoms. The van der Waals surface area contributed by atoms with Gasteiger partial charge in [-0.2, -0.15) is 0 Å². The Kier molecular flexibility index (Phi) is 3.66. The summed E-state index contributed by atoms with van der Waals surface area (Å²) in [6.07, 6.45) is 1.26. The predicted molar refractivity (Wildman–Crippen MR) is 89.8 cm³/mol. The maximum absolute atomic E-state index is 3.77. The van der Waals surface area contributed by atoms with E-state index in [4.69, 9.17) is 0 Å². The van der Waals surface area contributed by atoms with E-state index in [1.54, 1.807) is 11.1 Å². The molecule has 116 valence electrons. The van der Waals surface area contributed by atoms with E-state index in [1.807, 2.05) is 0 Å². The van der Waals surface area contributed by atoms with Gasteiger partial charge in [-0.1, -0.05) is 45.0 Å². The zero-order chi connectivity index (χ0) is 15.3. The van der Waals surface area contributed by atoms with Gasteiger partial charge in [0.1, 0.15) is 0 Å². The first kappa shape index (κ1) is 15.1. The van der Waals surface area contributed by atoms with Crippen molar-refractivity contribution >= 4 is 0 Å². The molecule has 0 saturated carbocycles. The first-order chi connectivity index (χ1) is 9.77. The van der Waals surface area contributed by atoms with Gasteiger partial charge < -0.3 is 5.32 Å². The minimum atomic E-state index is 0.256. The Morgan fingerprint density at radius 3 is 2.62 bits per heavy atom. The third-order valence-corrected chi connectivity index (χ3v) is 5.49. The van der Waals surface area contributed by atoms with Crippen LogP contribution in [0.4, 0.5) is 0 Å². The molecular formula is C19H30N2. The summed E-state index contributed by atoms with van der Waals surface area (Å²) in [7, 11) is 0. The van der Waals surface area contributed by atoms with Crippen LogP contribution in [0.5, 0.6) is 0 Å². The van der Waals surface area contributed by atoms with Crippen molar-refractivity contribution in [2.75, 3.05) is 19.6 Å². The van der Waals surface area contributed by atoms with Crippen LogP contribution in [0.25, 0.3) is 0 Å². The Bertz CT molecular complexity index is 513. The Morgan fingerprint density at radius 1 is 1.24 bits per heavy atom. The van der Waals surface area contributed by atoms with Gasteiger partial charge >= 0.3 is 0 Å². The highest BCUT2D eigenvalue weighted by molar-refractivity contribution is 5.40. The maximum Gasteiger partial charge on any atom is 0.0278 e.